The van der Waals surface area contributed by atoms with E-state index in [-0.39, 0.29) is 23.5 Å². The molecule has 13 nitrogen and oxygen atoms in total. The van der Waals surface area contributed by atoms with Crippen molar-refractivity contribution in [3.63, 3.8) is 0 Å². The van der Waals surface area contributed by atoms with Gasteiger partial charge in [-0.25, -0.2) is 14.1 Å². The number of imidazole rings is 1. The molecule has 1 atom stereocenters. The van der Waals surface area contributed by atoms with Gasteiger partial charge in [0.25, 0.3) is 5.57 Å². The average molecular weight is 662 g/mol. The predicted molar refractivity (Wildman–Crippen MR) is 171 cm³/mol. The number of hydrogen-bond donors (Lipinski definition) is 4. The Morgan fingerprint density at radius 3 is 1.89 bits per heavy atom. The van der Waals surface area contributed by atoms with Crippen molar-refractivity contribution in [2.75, 3.05) is 31.9 Å². The molecular formula is C29H53N5O8P2. The van der Waals surface area contributed by atoms with E-state index < -0.39 is 39.9 Å². The van der Waals surface area contributed by atoms with Gasteiger partial charge >= 0.3 is 15.3 Å². The Hall–Kier alpha value is -1.72. The standard InChI is InChI=1S/C29H53N5O8P2/c1-2-3-4-5-6-7-8-9-10-11-12-13-14-15-16-17-19-41-20-18-25-31-26-27(30)32-29(43(36)37)33-28(26)34(25)21-24(22-35)42-23-44(38,39)40/h24,35H,2-23H2,1H3,(H2,30,32,33)(H2,38,39,40)/t24-/m0/s1. The highest BCUT2D eigenvalue weighted by Gasteiger charge is 2.23. The van der Waals surface area contributed by atoms with Gasteiger partial charge in [0.1, 0.15) is 12.2 Å². The van der Waals surface area contributed by atoms with Gasteiger partial charge in [0, 0.05) is 13.0 Å². The lowest BCUT2D eigenvalue weighted by Gasteiger charge is -2.18. The van der Waals surface area contributed by atoms with Gasteiger partial charge in [-0.05, 0) is 6.42 Å². The van der Waals surface area contributed by atoms with E-state index in [0.29, 0.717) is 25.5 Å². The summed E-state index contributed by atoms with van der Waals surface area (Å²) in [5.74, 6) is 0.333. The molecule has 0 saturated carbocycles. The van der Waals surface area contributed by atoms with Crippen molar-refractivity contribution >= 4 is 37.8 Å². The Bertz CT molecular complexity index is 1200. The van der Waals surface area contributed by atoms with E-state index in [9.17, 15) is 18.8 Å². The lowest BCUT2D eigenvalue weighted by atomic mass is 10.0. The van der Waals surface area contributed by atoms with E-state index in [2.05, 4.69) is 21.9 Å². The summed E-state index contributed by atoms with van der Waals surface area (Å²) in [5, 5.41) is 9.74. The Kier molecular flexibility index (Phi) is 19.2. The monoisotopic (exact) mass is 661 g/mol. The number of rotatable bonds is 27. The van der Waals surface area contributed by atoms with Crippen molar-refractivity contribution in [1.82, 2.24) is 19.5 Å². The molecule has 0 aromatic carbocycles. The van der Waals surface area contributed by atoms with Crippen LogP contribution in [0.4, 0.5) is 5.82 Å². The zero-order chi connectivity index (χ0) is 32.2. The van der Waals surface area contributed by atoms with Crippen LogP contribution in [-0.2, 0) is 36.1 Å². The van der Waals surface area contributed by atoms with E-state index in [1.54, 1.807) is 0 Å². The number of fused-ring (bicyclic) bond motifs is 1. The lowest BCUT2D eigenvalue weighted by Crippen LogP contribution is -2.26. The SMILES string of the molecule is CCCCCCCCCCCCCCCCCCOCCc1nc2c(N)nc(P(=O)=O)nc2n1C[C@@H](CO)OCP(=O)(O)O. The molecule has 2 aromatic rings. The van der Waals surface area contributed by atoms with Crippen molar-refractivity contribution in [2.45, 2.75) is 129 Å². The third-order valence-corrected chi connectivity index (χ3v) is 8.54. The van der Waals surface area contributed by atoms with Crippen LogP contribution in [0.5, 0.6) is 0 Å². The van der Waals surface area contributed by atoms with Gasteiger partial charge in [-0.1, -0.05) is 103 Å². The van der Waals surface area contributed by atoms with Crippen LogP contribution >= 0.6 is 15.3 Å². The molecule has 0 aliphatic carbocycles. The maximum absolute atomic E-state index is 11.5. The molecule has 0 aliphatic rings. The molecule has 5 N–H and O–H groups in total. The fraction of sp³-hybridized carbons (Fsp3) is 0.828. The molecule has 0 aliphatic heterocycles. The van der Waals surface area contributed by atoms with Crippen molar-refractivity contribution < 1.29 is 38.1 Å². The van der Waals surface area contributed by atoms with E-state index in [4.69, 9.17) is 25.0 Å². The summed E-state index contributed by atoms with van der Waals surface area (Å²) in [6.45, 7) is 2.57. The summed E-state index contributed by atoms with van der Waals surface area (Å²) >= 11 is 0. The zero-order valence-electron chi connectivity index (χ0n) is 26.3. The molecule has 0 saturated heterocycles. The van der Waals surface area contributed by atoms with Crippen LogP contribution in [0.25, 0.3) is 11.2 Å². The summed E-state index contributed by atoms with van der Waals surface area (Å²) in [6.07, 6.45) is 19.3. The molecule has 0 bridgehead atoms. The van der Waals surface area contributed by atoms with Gasteiger partial charge in [-0.15, -0.1) is 0 Å². The summed E-state index contributed by atoms with van der Waals surface area (Å²) in [7, 11) is -7.58. The number of nitrogens with two attached hydrogens (primary N) is 1. The summed E-state index contributed by atoms with van der Waals surface area (Å²) in [6, 6.07) is 0. The van der Waals surface area contributed by atoms with Crippen LogP contribution in [-0.4, -0.2) is 66.7 Å². The number of ether oxygens (including phenoxy) is 2. The summed E-state index contributed by atoms with van der Waals surface area (Å²) < 4.78 is 46.8. The maximum atomic E-state index is 11.5. The minimum Gasteiger partial charge on any atom is -0.394 e. The Balaban J connectivity index is 1.71. The minimum atomic E-state index is -4.47. The average Bonchev–Trinajstić information content (AvgIpc) is 3.33. The van der Waals surface area contributed by atoms with Crippen LogP contribution in [0.3, 0.4) is 0 Å². The molecule has 252 valence electrons. The number of unbranched alkanes of at least 4 members (excludes halogenated alkanes) is 15. The van der Waals surface area contributed by atoms with Gasteiger partial charge in [0.15, 0.2) is 17.0 Å². The van der Waals surface area contributed by atoms with Gasteiger partial charge in [-0.3, -0.25) is 4.57 Å². The first-order valence-corrected chi connectivity index (χ1v) is 19.2. The normalized spacial score (nSPS) is 12.7. The number of hydrogen-bond acceptors (Lipinski definition) is 10. The topological polar surface area (TPSA) is 200 Å². The Morgan fingerprint density at radius 2 is 1.39 bits per heavy atom. The van der Waals surface area contributed by atoms with Gasteiger partial charge in [-0.2, -0.15) is 9.97 Å². The number of aromatic nitrogens is 4. The first kappa shape index (κ1) is 38.5. The highest BCUT2D eigenvalue weighted by atomic mass is 31.2. The van der Waals surface area contributed by atoms with Gasteiger partial charge in [0.2, 0.25) is 0 Å². The number of aliphatic hydroxyl groups is 1. The number of nitrogens with zero attached hydrogens (tertiary/aromatic N) is 4. The first-order valence-electron chi connectivity index (χ1n) is 16.2. The van der Waals surface area contributed by atoms with Crippen LogP contribution in [0.15, 0.2) is 0 Å². The van der Waals surface area contributed by atoms with Crippen molar-refractivity contribution in [3.8, 4) is 0 Å². The zero-order valence-corrected chi connectivity index (χ0v) is 28.1. The van der Waals surface area contributed by atoms with Crippen LogP contribution in [0, 0.1) is 0 Å². The van der Waals surface area contributed by atoms with E-state index in [1.807, 2.05) is 0 Å². The number of aliphatic hydroxyl groups excluding tert-OH is 1. The predicted octanol–water partition coefficient (Wildman–Crippen LogP) is 5.54. The van der Waals surface area contributed by atoms with Crippen molar-refractivity contribution in [1.29, 1.82) is 0 Å². The van der Waals surface area contributed by atoms with Crippen molar-refractivity contribution in [2.24, 2.45) is 0 Å². The van der Waals surface area contributed by atoms with Gasteiger partial charge < -0.3 is 34.7 Å². The molecular weight excluding hydrogens is 608 g/mol. The Morgan fingerprint density at radius 1 is 0.841 bits per heavy atom. The van der Waals surface area contributed by atoms with Crippen LogP contribution in [0.1, 0.15) is 115 Å². The second kappa shape index (κ2) is 21.9. The summed E-state index contributed by atoms with van der Waals surface area (Å²) in [4.78, 5) is 30.6. The minimum absolute atomic E-state index is 0.0903. The molecule has 0 unspecified atom stereocenters. The van der Waals surface area contributed by atoms with E-state index in [1.165, 1.54) is 94.5 Å². The molecule has 44 heavy (non-hydrogen) atoms. The maximum Gasteiger partial charge on any atom is 0.387 e. The smallest absolute Gasteiger partial charge is 0.387 e. The number of anilines is 1. The molecule has 0 fully saturated rings. The van der Waals surface area contributed by atoms with Crippen LogP contribution < -0.4 is 11.3 Å². The van der Waals surface area contributed by atoms with E-state index in [0.717, 1.165) is 12.8 Å². The molecule has 2 heterocycles. The quantitative estimate of drug-likeness (QED) is 0.0689. The third-order valence-electron chi connectivity index (χ3n) is 7.53. The largest absolute Gasteiger partial charge is 0.394 e. The fourth-order valence-corrected chi connectivity index (χ4v) is 5.88. The second-order valence-electron chi connectivity index (χ2n) is 11.4. The lowest BCUT2D eigenvalue weighted by molar-refractivity contribution is 0.0196. The highest BCUT2D eigenvalue weighted by Crippen LogP contribution is 2.34. The molecule has 15 heteroatoms. The fourth-order valence-electron chi connectivity index (χ4n) is 5.11. The summed E-state index contributed by atoms with van der Waals surface area (Å²) in [5.41, 5.74) is 5.78. The molecule has 0 radical (unpaired) electrons. The Labute approximate surface area is 261 Å². The molecule has 0 amide bonds. The highest BCUT2D eigenvalue weighted by molar-refractivity contribution is 7.51. The third kappa shape index (κ3) is 15.5. The molecule has 2 aromatic heterocycles. The number of nitrogen functional groups attached to an aromatic ring is 1. The first-order chi connectivity index (χ1) is 21.2. The molecule has 2 rings (SSSR count). The van der Waals surface area contributed by atoms with Crippen LogP contribution in [0.2, 0.25) is 0 Å². The second-order valence-corrected chi connectivity index (χ2v) is 13.9. The van der Waals surface area contributed by atoms with Gasteiger partial charge in [0.05, 0.1) is 25.9 Å². The van der Waals surface area contributed by atoms with Crippen molar-refractivity contribution in [3.05, 3.63) is 5.82 Å². The molecule has 0 spiro atoms. The van der Waals surface area contributed by atoms with E-state index >= 15 is 0 Å².